The fourth-order valence-electron chi connectivity index (χ4n) is 3.16. The topological polar surface area (TPSA) is 101 Å². The van der Waals surface area contributed by atoms with E-state index in [1.807, 2.05) is 0 Å². The van der Waals surface area contributed by atoms with Crippen LogP contribution in [-0.4, -0.2) is 42.1 Å². The van der Waals surface area contributed by atoms with E-state index in [1.165, 1.54) is 34.9 Å². The fourth-order valence-corrected chi connectivity index (χ4v) is 4.45. The van der Waals surface area contributed by atoms with E-state index in [2.05, 4.69) is 4.98 Å². The maximum atomic E-state index is 14.2. The lowest BCUT2D eigenvalue weighted by Gasteiger charge is -2.13. The number of thioether (sulfide) groups is 1. The number of para-hydroxylation sites is 1. The number of carboxylic acid groups (broad SMARTS) is 1. The predicted molar refractivity (Wildman–Crippen MR) is 125 cm³/mol. The standard InChI is InChI=1S/C22H16FN3O5S2/c1-12-5-4-9-25-18(12)24-19(31-15-7-3-2-6-14(15)23)13(20(25)29)11-16-21(30)26(22(32)33-16)10-8-17(27)28/h2-7,9,11H,8,10H2,1H3,(H,27,28). The number of carbonyl (C=O) groups is 2. The number of amides is 1. The van der Waals surface area contributed by atoms with E-state index in [4.69, 9.17) is 22.1 Å². The van der Waals surface area contributed by atoms with Crippen LogP contribution < -0.4 is 10.3 Å². The summed E-state index contributed by atoms with van der Waals surface area (Å²) in [5.41, 5.74) is 0.422. The number of nitrogens with zero attached hydrogens (tertiary/aromatic N) is 3. The third-order valence-electron chi connectivity index (χ3n) is 4.79. The summed E-state index contributed by atoms with van der Waals surface area (Å²) in [6.07, 6.45) is 2.54. The molecule has 3 heterocycles. The lowest BCUT2D eigenvalue weighted by Crippen LogP contribution is -2.30. The summed E-state index contributed by atoms with van der Waals surface area (Å²) in [5, 5.41) is 8.90. The molecule has 1 amide bonds. The first-order valence-corrected chi connectivity index (χ1v) is 10.9. The first-order valence-electron chi connectivity index (χ1n) is 9.68. The zero-order chi connectivity index (χ0) is 23.7. The largest absolute Gasteiger partial charge is 0.481 e. The third-order valence-corrected chi connectivity index (χ3v) is 6.17. The summed E-state index contributed by atoms with van der Waals surface area (Å²) >= 11 is 6.13. The minimum absolute atomic E-state index is 0.0694. The minimum Gasteiger partial charge on any atom is -0.481 e. The Balaban J connectivity index is 1.84. The molecule has 0 unspecified atom stereocenters. The van der Waals surface area contributed by atoms with Crippen LogP contribution in [-0.2, 0) is 9.59 Å². The van der Waals surface area contributed by atoms with E-state index in [9.17, 15) is 18.8 Å². The third kappa shape index (κ3) is 4.50. The van der Waals surface area contributed by atoms with Crippen molar-refractivity contribution in [2.75, 3.05) is 6.54 Å². The van der Waals surface area contributed by atoms with Gasteiger partial charge in [0, 0.05) is 12.7 Å². The van der Waals surface area contributed by atoms with Crippen LogP contribution in [0.1, 0.15) is 17.5 Å². The normalized spacial score (nSPS) is 15.0. The van der Waals surface area contributed by atoms with E-state index >= 15 is 0 Å². The Morgan fingerprint density at radius 2 is 2.03 bits per heavy atom. The zero-order valence-electron chi connectivity index (χ0n) is 17.1. The molecule has 2 aromatic heterocycles. The van der Waals surface area contributed by atoms with Gasteiger partial charge in [0.15, 0.2) is 11.6 Å². The first-order chi connectivity index (χ1) is 15.8. The average molecular weight is 486 g/mol. The van der Waals surface area contributed by atoms with Gasteiger partial charge in [-0.1, -0.05) is 42.2 Å². The molecule has 4 rings (SSSR count). The summed E-state index contributed by atoms with van der Waals surface area (Å²) in [4.78, 5) is 42.7. The Hall–Kier alpha value is -3.57. The van der Waals surface area contributed by atoms with Crippen molar-refractivity contribution in [2.24, 2.45) is 0 Å². The number of aryl methyl sites for hydroxylation is 1. The smallest absolute Gasteiger partial charge is 0.305 e. The second-order valence-electron chi connectivity index (χ2n) is 7.03. The van der Waals surface area contributed by atoms with Gasteiger partial charge in [-0.25, -0.2) is 4.39 Å². The van der Waals surface area contributed by atoms with Crippen molar-refractivity contribution in [1.82, 2.24) is 14.3 Å². The van der Waals surface area contributed by atoms with E-state index < -0.39 is 23.3 Å². The van der Waals surface area contributed by atoms with Crippen LogP contribution >= 0.6 is 24.0 Å². The van der Waals surface area contributed by atoms with Crippen LogP contribution in [0.25, 0.3) is 11.7 Å². The summed E-state index contributed by atoms with van der Waals surface area (Å²) in [6.45, 7) is 1.67. The van der Waals surface area contributed by atoms with Gasteiger partial charge in [0.25, 0.3) is 11.5 Å². The van der Waals surface area contributed by atoms with Crippen LogP contribution in [0.4, 0.5) is 4.39 Å². The highest BCUT2D eigenvalue weighted by Crippen LogP contribution is 2.34. The number of carboxylic acids is 1. The van der Waals surface area contributed by atoms with Crippen molar-refractivity contribution in [3.8, 4) is 11.6 Å². The molecule has 11 heteroatoms. The van der Waals surface area contributed by atoms with Crippen LogP contribution in [0.3, 0.4) is 0 Å². The number of rotatable bonds is 6. The molecule has 1 aliphatic rings. The number of carbonyl (C=O) groups excluding carboxylic acids is 1. The van der Waals surface area contributed by atoms with Gasteiger partial charge in [-0.05, 0) is 36.8 Å². The Kier molecular flexibility index (Phi) is 6.25. The summed E-state index contributed by atoms with van der Waals surface area (Å²) in [7, 11) is 0. The number of ether oxygens (including phenoxy) is 1. The van der Waals surface area contributed by atoms with Gasteiger partial charge in [-0.2, -0.15) is 4.98 Å². The summed E-state index contributed by atoms with van der Waals surface area (Å²) < 4.78 is 21.4. The number of hydrogen-bond acceptors (Lipinski definition) is 7. The molecule has 3 aromatic rings. The second kappa shape index (κ2) is 9.12. The quantitative estimate of drug-likeness (QED) is 0.418. The molecule has 8 nitrogen and oxygen atoms in total. The second-order valence-corrected chi connectivity index (χ2v) is 8.71. The highest BCUT2D eigenvalue weighted by Gasteiger charge is 2.33. The lowest BCUT2D eigenvalue weighted by atomic mass is 10.2. The number of aromatic nitrogens is 2. The lowest BCUT2D eigenvalue weighted by molar-refractivity contribution is -0.137. The van der Waals surface area contributed by atoms with Gasteiger partial charge in [0.05, 0.1) is 11.3 Å². The average Bonchev–Trinajstić information content (AvgIpc) is 3.04. The first kappa shape index (κ1) is 22.6. The van der Waals surface area contributed by atoms with Crippen LogP contribution in [0, 0.1) is 12.7 Å². The van der Waals surface area contributed by atoms with Crippen LogP contribution in [0.15, 0.2) is 52.3 Å². The predicted octanol–water partition coefficient (Wildman–Crippen LogP) is 3.61. The number of benzene rings is 1. The summed E-state index contributed by atoms with van der Waals surface area (Å²) in [6, 6.07) is 9.12. The molecule has 0 spiro atoms. The molecule has 0 bridgehead atoms. The Morgan fingerprint density at radius 1 is 1.27 bits per heavy atom. The number of hydrogen-bond donors (Lipinski definition) is 1. The van der Waals surface area contributed by atoms with Gasteiger partial charge < -0.3 is 9.84 Å². The molecule has 0 radical (unpaired) electrons. The zero-order valence-corrected chi connectivity index (χ0v) is 18.8. The Morgan fingerprint density at radius 3 is 2.76 bits per heavy atom. The molecule has 1 aromatic carbocycles. The van der Waals surface area contributed by atoms with Gasteiger partial charge in [-0.15, -0.1) is 0 Å². The maximum Gasteiger partial charge on any atom is 0.305 e. The van der Waals surface area contributed by atoms with Gasteiger partial charge >= 0.3 is 5.97 Å². The molecular weight excluding hydrogens is 469 g/mol. The van der Waals surface area contributed by atoms with E-state index in [-0.39, 0.29) is 39.4 Å². The number of fused-ring (bicyclic) bond motifs is 1. The molecule has 0 saturated carbocycles. The van der Waals surface area contributed by atoms with E-state index in [0.717, 1.165) is 16.7 Å². The van der Waals surface area contributed by atoms with Crippen LogP contribution in [0.2, 0.25) is 0 Å². The molecule has 168 valence electrons. The number of thiocarbonyl (C=S) groups is 1. The number of pyridine rings is 1. The minimum atomic E-state index is -1.07. The van der Waals surface area contributed by atoms with Gasteiger partial charge in [0.1, 0.15) is 15.5 Å². The van der Waals surface area contributed by atoms with E-state index in [1.54, 1.807) is 25.1 Å². The molecule has 1 fully saturated rings. The molecule has 0 aliphatic carbocycles. The van der Waals surface area contributed by atoms with Gasteiger partial charge in [0.2, 0.25) is 5.88 Å². The monoisotopic (exact) mass is 485 g/mol. The fraction of sp³-hybridized carbons (Fsp3) is 0.136. The van der Waals surface area contributed by atoms with Crippen molar-refractivity contribution in [3.63, 3.8) is 0 Å². The number of halogens is 1. The molecule has 33 heavy (non-hydrogen) atoms. The van der Waals surface area contributed by atoms with Crippen molar-refractivity contribution in [3.05, 3.63) is 74.8 Å². The molecule has 1 N–H and O–H groups in total. The SMILES string of the molecule is Cc1cccn2c(=O)c(C=C3SC(=S)N(CCC(=O)O)C3=O)c(Oc3ccccc3F)nc12. The van der Waals surface area contributed by atoms with Crippen molar-refractivity contribution >= 4 is 51.9 Å². The molecule has 1 saturated heterocycles. The molecular formula is C22H16FN3O5S2. The maximum absolute atomic E-state index is 14.2. The van der Waals surface area contributed by atoms with Gasteiger partial charge in [-0.3, -0.25) is 23.7 Å². The van der Waals surface area contributed by atoms with Crippen molar-refractivity contribution in [2.45, 2.75) is 13.3 Å². The van der Waals surface area contributed by atoms with Crippen molar-refractivity contribution in [1.29, 1.82) is 0 Å². The van der Waals surface area contributed by atoms with Crippen molar-refractivity contribution < 1.29 is 23.8 Å². The number of aliphatic carboxylic acids is 1. The highest BCUT2D eigenvalue weighted by molar-refractivity contribution is 8.26. The molecule has 0 atom stereocenters. The van der Waals surface area contributed by atoms with E-state index in [0.29, 0.717) is 11.2 Å². The molecule has 1 aliphatic heterocycles. The Labute approximate surface area is 196 Å². The Bertz CT molecular complexity index is 1400. The highest BCUT2D eigenvalue weighted by atomic mass is 32.2. The van der Waals surface area contributed by atoms with Crippen LogP contribution in [0.5, 0.6) is 11.6 Å². The summed E-state index contributed by atoms with van der Waals surface area (Å²) in [5.74, 6) is -2.55.